The van der Waals surface area contributed by atoms with Gasteiger partial charge in [0.1, 0.15) is 12.4 Å². The zero-order valence-corrected chi connectivity index (χ0v) is 26.6. The van der Waals surface area contributed by atoms with Gasteiger partial charge in [0.05, 0.1) is 0 Å². The maximum Gasteiger partial charge on any atom is 0.192 e. The minimum absolute atomic E-state index is 0.124. The molecule has 0 bridgehead atoms. The van der Waals surface area contributed by atoms with E-state index < -0.39 is 11.4 Å². The molecule has 0 spiro atoms. The normalized spacial score (nSPS) is 12.3. The van der Waals surface area contributed by atoms with Crippen LogP contribution in [-0.4, -0.2) is 23.1 Å². The second-order valence-electron chi connectivity index (χ2n) is 12.1. The number of aryl methyl sites for hydroxylation is 4. The van der Waals surface area contributed by atoms with E-state index >= 15 is 0 Å². The number of hydrogen-bond donors (Lipinski definition) is 1. The topological polar surface area (TPSA) is 49.8 Å². The smallest absolute Gasteiger partial charge is 0.192 e. The molecule has 0 aliphatic carbocycles. The summed E-state index contributed by atoms with van der Waals surface area (Å²) in [5, 5.41) is 10.4. The van der Waals surface area contributed by atoms with Crippen LogP contribution in [0, 0.1) is 13.8 Å². The lowest BCUT2D eigenvalue weighted by molar-refractivity contribution is -0.134. The van der Waals surface area contributed by atoms with E-state index in [0.29, 0.717) is 11.3 Å². The van der Waals surface area contributed by atoms with Gasteiger partial charge in [0.2, 0.25) is 0 Å². The van der Waals surface area contributed by atoms with Crippen molar-refractivity contribution in [3.8, 4) is 16.9 Å². The first-order valence-electron chi connectivity index (χ1n) is 15.4. The highest BCUT2D eigenvalue weighted by atomic mass is 16.5. The largest absolute Gasteiger partial charge is 0.490 e. The number of benzene rings is 5. The molecule has 4 heteroatoms. The number of carbonyl (C=O) groups excluding carboxylic acids is 1. The Morgan fingerprint density at radius 1 is 0.667 bits per heavy atom. The molecule has 0 fully saturated rings. The fraction of sp³-hybridized carbons (Fsp3) is 0.195. The number of ether oxygens (including phenoxy) is 1. The summed E-state index contributed by atoms with van der Waals surface area (Å²) >= 11 is 0. The van der Waals surface area contributed by atoms with Gasteiger partial charge in [0.25, 0.3) is 0 Å². The summed E-state index contributed by atoms with van der Waals surface area (Å²) in [4.78, 5) is 14.4. The summed E-state index contributed by atoms with van der Waals surface area (Å²) in [6, 6.07) is 42.6. The third-order valence-corrected chi connectivity index (χ3v) is 8.02. The number of nitrogens with zero attached hydrogens (tertiary/aromatic N) is 1. The van der Waals surface area contributed by atoms with Crippen molar-refractivity contribution in [2.45, 2.75) is 46.1 Å². The van der Waals surface area contributed by atoms with E-state index in [1.54, 1.807) is 6.92 Å². The Balaban J connectivity index is 1.26. The molecule has 5 aromatic carbocycles. The highest BCUT2D eigenvalue weighted by Crippen LogP contribution is 2.36. The molecule has 228 valence electrons. The average molecular weight is 596 g/mol. The lowest BCUT2D eigenvalue weighted by Crippen LogP contribution is -2.41. The minimum Gasteiger partial charge on any atom is -0.490 e. The van der Waals surface area contributed by atoms with Crippen molar-refractivity contribution < 1.29 is 14.6 Å². The number of carbonyl (C=O) groups is 1. The van der Waals surface area contributed by atoms with Gasteiger partial charge in [-0.05, 0) is 117 Å². The van der Waals surface area contributed by atoms with Gasteiger partial charge in [-0.15, -0.1) is 0 Å². The number of ketones is 1. The molecule has 1 unspecified atom stereocenters. The molecule has 0 amide bonds. The summed E-state index contributed by atoms with van der Waals surface area (Å²) < 4.78 is 5.69. The van der Waals surface area contributed by atoms with Crippen molar-refractivity contribution in [3.05, 3.63) is 156 Å². The Bertz CT molecular complexity index is 1730. The van der Waals surface area contributed by atoms with Gasteiger partial charge < -0.3 is 14.7 Å². The summed E-state index contributed by atoms with van der Waals surface area (Å²) in [7, 11) is 0. The van der Waals surface area contributed by atoms with Crippen LogP contribution in [0.15, 0.2) is 133 Å². The maximum atomic E-state index is 12.1. The molecule has 4 nitrogen and oxygen atoms in total. The highest BCUT2D eigenvalue weighted by Gasteiger charge is 2.31. The lowest BCUT2D eigenvalue weighted by atomic mass is 9.97. The van der Waals surface area contributed by atoms with E-state index in [0.717, 1.165) is 29.9 Å². The maximum absolute atomic E-state index is 12.1. The predicted molar refractivity (Wildman–Crippen MR) is 186 cm³/mol. The fourth-order valence-corrected chi connectivity index (χ4v) is 5.29. The molecule has 45 heavy (non-hydrogen) atoms. The monoisotopic (exact) mass is 595 g/mol. The molecule has 0 saturated heterocycles. The van der Waals surface area contributed by atoms with E-state index in [-0.39, 0.29) is 6.61 Å². The van der Waals surface area contributed by atoms with Crippen LogP contribution in [0.2, 0.25) is 0 Å². The van der Waals surface area contributed by atoms with Gasteiger partial charge in [-0.25, -0.2) is 0 Å². The van der Waals surface area contributed by atoms with Crippen LogP contribution in [0.25, 0.3) is 11.1 Å². The number of aliphatic hydroxyl groups is 1. The molecule has 0 aliphatic rings. The third-order valence-electron chi connectivity index (χ3n) is 8.02. The Hall–Kier alpha value is -4.93. The van der Waals surface area contributed by atoms with Crippen molar-refractivity contribution >= 4 is 22.8 Å². The van der Waals surface area contributed by atoms with Crippen molar-refractivity contribution in [1.82, 2.24) is 0 Å². The SMILES string of the molecule is C=C(C)C(=O)C(C)(O)COc1ccc(CCc2ccc(N(c3ccc(C)cc3)c3ccc(-c4ccc(C)cc4)cc3)cc2)cc1. The second kappa shape index (κ2) is 13.8. The quantitative estimate of drug-likeness (QED) is 0.146. The average Bonchev–Trinajstić information content (AvgIpc) is 3.05. The molecule has 0 radical (unpaired) electrons. The molecule has 1 atom stereocenters. The first kappa shape index (κ1) is 31.5. The van der Waals surface area contributed by atoms with Gasteiger partial charge in [-0.2, -0.15) is 0 Å². The van der Waals surface area contributed by atoms with Crippen LogP contribution in [0.4, 0.5) is 17.1 Å². The molecule has 0 heterocycles. The van der Waals surface area contributed by atoms with Crippen LogP contribution in [0.3, 0.4) is 0 Å². The van der Waals surface area contributed by atoms with E-state index in [1.807, 2.05) is 24.3 Å². The van der Waals surface area contributed by atoms with Gasteiger partial charge >= 0.3 is 0 Å². The summed E-state index contributed by atoms with van der Waals surface area (Å²) in [6.07, 6.45) is 1.78. The zero-order valence-electron chi connectivity index (χ0n) is 26.6. The van der Waals surface area contributed by atoms with E-state index in [2.05, 4.69) is 122 Å². The second-order valence-corrected chi connectivity index (χ2v) is 12.1. The highest BCUT2D eigenvalue weighted by molar-refractivity contribution is 6.00. The van der Waals surface area contributed by atoms with Crippen LogP contribution >= 0.6 is 0 Å². The Morgan fingerprint density at radius 2 is 1.04 bits per heavy atom. The first-order chi connectivity index (χ1) is 21.6. The molecular formula is C41H41NO3. The minimum atomic E-state index is -1.60. The van der Waals surface area contributed by atoms with Crippen LogP contribution < -0.4 is 9.64 Å². The van der Waals surface area contributed by atoms with Crippen LogP contribution in [0.1, 0.15) is 36.1 Å². The molecule has 0 saturated carbocycles. The van der Waals surface area contributed by atoms with E-state index in [4.69, 9.17) is 4.74 Å². The molecular weight excluding hydrogens is 554 g/mol. The van der Waals surface area contributed by atoms with Gasteiger partial charge in [0, 0.05) is 17.1 Å². The first-order valence-corrected chi connectivity index (χ1v) is 15.4. The number of rotatable bonds is 12. The number of hydrogen-bond acceptors (Lipinski definition) is 4. The Kier molecular flexibility index (Phi) is 9.65. The molecule has 5 rings (SSSR count). The van der Waals surface area contributed by atoms with Crippen molar-refractivity contribution in [2.75, 3.05) is 11.5 Å². The molecule has 1 N–H and O–H groups in total. The molecule has 5 aromatic rings. The van der Waals surface area contributed by atoms with Crippen LogP contribution in [0.5, 0.6) is 5.75 Å². The van der Waals surface area contributed by atoms with Crippen molar-refractivity contribution in [1.29, 1.82) is 0 Å². The van der Waals surface area contributed by atoms with Gasteiger partial charge in [-0.1, -0.05) is 90.5 Å². The van der Waals surface area contributed by atoms with Crippen molar-refractivity contribution in [3.63, 3.8) is 0 Å². The van der Waals surface area contributed by atoms with Gasteiger partial charge in [-0.3, -0.25) is 4.79 Å². The summed E-state index contributed by atoms with van der Waals surface area (Å²) in [5.41, 5.74) is 9.37. The van der Waals surface area contributed by atoms with Crippen LogP contribution in [-0.2, 0) is 17.6 Å². The Morgan fingerprint density at radius 3 is 1.51 bits per heavy atom. The summed E-state index contributed by atoms with van der Waals surface area (Å²) in [5.74, 6) is 0.198. The zero-order chi connectivity index (χ0) is 32.0. The lowest BCUT2D eigenvalue weighted by Gasteiger charge is -2.26. The Labute approximate surface area is 267 Å². The summed E-state index contributed by atoms with van der Waals surface area (Å²) in [6.45, 7) is 10.8. The van der Waals surface area contributed by atoms with Crippen molar-refractivity contribution in [2.24, 2.45) is 0 Å². The molecule has 0 aliphatic heterocycles. The van der Waals surface area contributed by atoms with E-state index in [1.165, 1.54) is 40.3 Å². The predicted octanol–water partition coefficient (Wildman–Crippen LogP) is 9.50. The fourth-order valence-electron chi connectivity index (χ4n) is 5.29. The van der Waals surface area contributed by atoms with Gasteiger partial charge in [0.15, 0.2) is 11.4 Å². The standard InChI is InChI=1S/C41H41NO3/c1-29(2)40(43)41(5,44)28-45-39-26-14-33(15-27-39)11-10-32-12-22-37(23-13-32)42(36-20-8-31(4)9-21-36)38-24-18-35(19-25-38)34-16-6-30(3)7-17-34/h6-9,12-27,44H,1,10-11,28H2,2-5H3. The number of anilines is 3. The molecule has 0 aromatic heterocycles. The number of Topliss-reactive ketones (excluding diaryl/α,β-unsaturated/α-hetero) is 1. The van der Waals surface area contributed by atoms with E-state index in [9.17, 15) is 9.90 Å². The third kappa shape index (κ3) is 7.97.